The summed E-state index contributed by atoms with van der Waals surface area (Å²) in [6.07, 6.45) is 0.822. The van der Waals surface area contributed by atoms with E-state index < -0.39 is 35.9 Å². The minimum absolute atomic E-state index is 0.0442. The molecule has 14 heteroatoms. The number of nitrogens with one attached hydrogen (secondary N) is 5. The Kier molecular flexibility index (Phi) is 14.1. The van der Waals surface area contributed by atoms with Gasteiger partial charge in [0.2, 0.25) is 23.6 Å². The van der Waals surface area contributed by atoms with E-state index in [4.69, 9.17) is 4.74 Å². The molecule has 2 heterocycles. The second-order valence-corrected chi connectivity index (χ2v) is 13.1. The third kappa shape index (κ3) is 11.6. The number of aliphatic hydroxyl groups is 1. The Balaban J connectivity index is 1.47. The molecule has 6 N–H and O–H groups in total. The van der Waals surface area contributed by atoms with Crippen molar-refractivity contribution in [3.05, 3.63) is 59.8 Å². The number of aromatic amines is 1. The lowest BCUT2D eigenvalue weighted by Gasteiger charge is -2.26. The first kappa shape index (κ1) is 37.8. The van der Waals surface area contributed by atoms with Crippen molar-refractivity contribution in [1.29, 1.82) is 0 Å². The molecular formula is C36H49N7O7. The van der Waals surface area contributed by atoms with Crippen molar-refractivity contribution < 1.29 is 33.8 Å². The van der Waals surface area contributed by atoms with E-state index in [1.165, 1.54) is 6.92 Å². The largest absolute Gasteiger partial charge is 0.484 e. The number of ether oxygens (including phenoxy) is 1. The molecule has 5 amide bonds. The van der Waals surface area contributed by atoms with Crippen LogP contribution < -0.4 is 26.0 Å². The fraction of sp³-hybridized carbons (Fsp3) is 0.500. The summed E-state index contributed by atoms with van der Waals surface area (Å²) < 4.78 is 5.68. The topological polar surface area (TPSA) is 195 Å². The SMILES string of the molecule is CC(C)C[C@H]1NC(=O)Cc2cccc(c2)OCC(=O)NCCCN(C(=O)Cc2[nH]nc3ccccc23)CCCCNC(=O)[C@H]([C@@H](C)O)NC1=O. The van der Waals surface area contributed by atoms with Gasteiger partial charge in [0.05, 0.1) is 30.2 Å². The maximum Gasteiger partial charge on any atom is 0.257 e. The molecule has 0 saturated heterocycles. The average Bonchev–Trinajstić information content (AvgIpc) is 3.48. The van der Waals surface area contributed by atoms with Gasteiger partial charge in [0.25, 0.3) is 5.91 Å². The predicted molar refractivity (Wildman–Crippen MR) is 187 cm³/mol. The summed E-state index contributed by atoms with van der Waals surface area (Å²) in [6, 6.07) is 12.2. The molecule has 3 atom stereocenters. The molecule has 14 nitrogen and oxygen atoms in total. The molecule has 0 saturated carbocycles. The van der Waals surface area contributed by atoms with E-state index in [1.54, 1.807) is 29.2 Å². The van der Waals surface area contributed by atoms with Gasteiger partial charge in [-0.1, -0.05) is 44.2 Å². The average molecular weight is 692 g/mol. The standard InChI is InChI=1S/C36H49N7O7/c1-23(2)18-30-35(48)40-34(24(3)44)36(49)38-14-6-7-16-43(33(47)21-29-27-12-4-5-13-28(27)41-42-29)17-9-15-37-32(46)22-50-26-11-8-10-25(19-26)20-31(45)39-30/h4-5,8,10-13,19,23-24,30,34,44H,6-7,9,14-18,20-22H2,1-3H3,(H,37,46)(H,38,49)(H,39,45)(H,40,48)(H,41,42)/t24-,30-,34+/m1/s1. The van der Waals surface area contributed by atoms with Crippen molar-refractivity contribution in [2.45, 2.75) is 77.5 Å². The molecule has 1 aliphatic rings. The zero-order valence-electron chi connectivity index (χ0n) is 29.0. The number of hydrogen-bond acceptors (Lipinski definition) is 8. The highest BCUT2D eigenvalue weighted by atomic mass is 16.5. The van der Waals surface area contributed by atoms with E-state index in [0.29, 0.717) is 56.6 Å². The number of carbonyl (C=O) groups excluding carboxylic acids is 5. The number of hydrogen-bond donors (Lipinski definition) is 6. The number of benzene rings is 2. The third-order valence-corrected chi connectivity index (χ3v) is 8.36. The van der Waals surface area contributed by atoms with Crippen LogP contribution in [-0.2, 0) is 36.8 Å². The summed E-state index contributed by atoms with van der Waals surface area (Å²) >= 11 is 0. The van der Waals surface area contributed by atoms with Crippen molar-refractivity contribution in [1.82, 2.24) is 36.4 Å². The molecule has 2 bridgehead atoms. The van der Waals surface area contributed by atoms with Crippen LogP contribution in [-0.4, -0.2) is 101 Å². The highest BCUT2D eigenvalue weighted by Gasteiger charge is 2.30. The Hall–Kier alpha value is -4.98. The Morgan fingerprint density at radius 3 is 2.46 bits per heavy atom. The van der Waals surface area contributed by atoms with E-state index in [1.807, 2.05) is 38.1 Å². The molecule has 270 valence electrons. The van der Waals surface area contributed by atoms with Gasteiger partial charge in [-0.25, -0.2) is 0 Å². The number of para-hydroxylation sites is 1. The Labute approximate surface area is 292 Å². The summed E-state index contributed by atoms with van der Waals surface area (Å²) in [5.41, 5.74) is 2.12. The van der Waals surface area contributed by atoms with Crippen LogP contribution in [0.4, 0.5) is 0 Å². The zero-order chi connectivity index (χ0) is 36.0. The minimum Gasteiger partial charge on any atom is -0.484 e. The molecule has 4 rings (SSSR count). The third-order valence-electron chi connectivity index (χ3n) is 8.36. The highest BCUT2D eigenvalue weighted by molar-refractivity contribution is 5.93. The van der Waals surface area contributed by atoms with E-state index in [9.17, 15) is 29.1 Å². The van der Waals surface area contributed by atoms with Crippen molar-refractivity contribution >= 4 is 40.4 Å². The van der Waals surface area contributed by atoms with Crippen LogP contribution in [0.3, 0.4) is 0 Å². The van der Waals surface area contributed by atoms with Crippen molar-refractivity contribution in [3.63, 3.8) is 0 Å². The molecular weight excluding hydrogens is 642 g/mol. The lowest BCUT2D eigenvalue weighted by Crippen LogP contribution is -2.57. The lowest BCUT2D eigenvalue weighted by atomic mass is 10.0. The number of carbonyl (C=O) groups is 5. The molecule has 1 aromatic heterocycles. The minimum atomic E-state index is -1.23. The second-order valence-electron chi connectivity index (χ2n) is 13.1. The smallest absolute Gasteiger partial charge is 0.257 e. The Morgan fingerprint density at radius 1 is 0.920 bits per heavy atom. The summed E-state index contributed by atoms with van der Waals surface area (Å²) in [7, 11) is 0. The van der Waals surface area contributed by atoms with Crippen LogP contribution in [0.5, 0.6) is 5.75 Å². The van der Waals surface area contributed by atoms with Crippen LogP contribution >= 0.6 is 0 Å². The number of nitrogens with zero attached hydrogens (tertiary/aromatic N) is 2. The van der Waals surface area contributed by atoms with Gasteiger partial charge in [-0.3, -0.25) is 29.1 Å². The van der Waals surface area contributed by atoms with Crippen LogP contribution in [0.25, 0.3) is 10.9 Å². The van der Waals surface area contributed by atoms with Gasteiger partial charge in [-0.2, -0.15) is 5.10 Å². The molecule has 0 aliphatic carbocycles. The number of aromatic nitrogens is 2. The maximum absolute atomic E-state index is 13.5. The molecule has 3 aromatic rings. The van der Waals surface area contributed by atoms with Gasteiger partial charge in [-0.15, -0.1) is 0 Å². The van der Waals surface area contributed by atoms with E-state index >= 15 is 0 Å². The Bertz CT molecular complexity index is 1620. The van der Waals surface area contributed by atoms with Gasteiger partial charge in [0, 0.05) is 31.6 Å². The van der Waals surface area contributed by atoms with Gasteiger partial charge >= 0.3 is 0 Å². The normalized spacial score (nSPS) is 20.1. The first-order valence-corrected chi connectivity index (χ1v) is 17.2. The number of fused-ring (bicyclic) bond motifs is 3. The molecule has 0 spiro atoms. The van der Waals surface area contributed by atoms with Crippen molar-refractivity contribution in [2.24, 2.45) is 5.92 Å². The Morgan fingerprint density at radius 2 is 1.68 bits per heavy atom. The number of amides is 5. The van der Waals surface area contributed by atoms with Crippen LogP contribution in [0.2, 0.25) is 0 Å². The molecule has 2 aromatic carbocycles. The molecule has 50 heavy (non-hydrogen) atoms. The van der Waals surface area contributed by atoms with Crippen LogP contribution in [0, 0.1) is 5.92 Å². The predicted octanol–water partition coefficient (Wildman–Crippen LogP) is 1.37. The van der Waals surface area contributed by atoms with Crippen molar-refractivity contribution in [3.8, 4) is 5.75 Å². The van der Waals surface area contributed by atoms with Crippen molar-refractivity contribution in [2.75, 3.05) is 32.8 Å². The number of H-pyrrole nitrogens is 1. The maximum atomic E-state index is 13.5. The quantitative estimate of drug-likeness (QED) is 0.231. The van der Waals surface area contributed by atoms with Gasteiger partial charge in [-0.05, 0) is 62.3 Å². The fourth-order valence-corrected chi connectivity index (χ4v) is 5.76. The first-order valence-electron chi connectivity index (χ1n) is 17.2. The number of rotatable bonds is 5. The molecule has 1 aliphatic heterocycles. The first-order chi connectivity index (χ1) is 24.0. The van der Waals surface area contributed by atoms with Crippen LogP contribution in [0.1, 0.15) is 57.7 Å². The summed E-state index contributed by atoms with van der Waals surface area (Å²) in [5.74, 6) is -1.50. The zero-order valence-corrected chi connectivity index (χ0v) is 29.0. The number of aliphatic hydroxyl groups excluding tert-OH is 1. The summed E-state index contributed by atoms with van der Waals surface area (Å²) in [6.45, 7) is 6.42. The molecule has 0 fully saturated rings. The van der Waals surface area contributed by atoms with E-state index in [-0.39, 0.29) is 43.7 Å². The summed E-state index contributed by atoms with van der Waals surface area (Å²) in [5, 5.41) is 29.6. The molecule has 0 radical (unpaired) electrons. The van der Waals surface area contributed by atoms with Gasteiger partial charge in [0.1, 0.15) is 17.8 Å². The summed E-state index contributed by atoms with van der Waals surface area (Å²) in [4.78, 5) is 67.2. The van der Waals surface area contributed by atoms with Gasteiger partial charge < -0.3 is 36.0 Å². The second kappa shape index (κ2) is 18.7. The van der Waals surface area contributed by atoms with E-state index in [2.05, 4.69) is 31.5 Å². The monoisotopic (exact) mass is 691 g/mol. The fourth-order valence-electron chi connectivity index (χ4n) is 5.76. The highest BCUT2D eigenvalue weighted by Crippen LogP contribution is 2.17. The lowest BCUT2D eigenvalue weighted by molar-refractivity contribution is -0.134. The van der Waals surface area contributed by atoms with Crippen LogP contribution in [0.15, 0.2) is 48.5 Å². The molecule has 0 unspecified atom stereocenters. The van der Waals surface area contributed by atoms with E-state index in [0.717, 1.165) is 16.6 Å². The van der Waals surface area contributed by atoms with Gasteiger partial charge in [0.15, 0.2) is 6.61 Å².